The fraction of sp³-hybridized carbons (Fsp3) is 0.323. The van der Waals surface area contributed by atoms with Crippen molar-refractivity contribution >= 4 is 17.4 Å². The standard InChI is InChI=1S/C31H33ClN4O6/c1-18(2)27-28(37)35-31(38)36(29(27)42-24-12-19(3)11-22(15-24)30-40-9-10-41-30)17-21-13-25(32)34-26(14-21)33-16-20-5-7-23(39-4)8-6-20/h5-8,11-15,18,30H,9-10,16-17H2,1-4H3,(H,33,34)(H,35,37,38). The zero-order chi connectivity index (χ0) is 29.8. The van der Waals surface area contributed by atoms with E-state index in [4.69, 9.17) is 30.5 Å². The molecule has 2 N–H and O–H groups in total. The van der Waals surface area contributed by atoms with Crippen molar-refractivity contribution in [3.8, 4) is 17.4 Å². The van der Waals surface area contributed by atoms with Gasteiger partial charge in [-0.3, -0.25) is 14.3 Å². The zero-order valence-electron chi connectivity index (χ0n) is 23.9. The highest BCUT2D eigenvalue weighted by Gasteiger charge is 2.23. The molecular weight excluding hydrogens is 560 g/mol. The second kappa shape index (κ2) is 12.8. The Labute approximate surface area is 248 Å². The molecule has 0 bridgehead atoms. The van der Waals surface area contributed by atoms with E-state index in [1.807, 2.05) is 63.2 Å². The second-order valence-electron chi connectivity index (χ2n) is 10.4. The van der Waals surface area contributed by atoms with Gasteiger partial charge in [0.05, 0.1) is 32.4 Å². The van der Waals surface area contributed by atoms with Gasteiger partial charge in [-0.1, -0.05) is 43.6 Å². The van der Waals surface area contributed by atoms with E-state index in [1.165, 1.54) is 4.57 Å². The molecule has 4 aromatic rings. The van der Waals surface area contributed by atoms with Gasteiger partial charge in [0.15, 0.2) is 6.29 Å². The molecular formula is C31H33ClN4O6. The van der Waals surface area contributed by atoms with Crippen LogP contribution in [0.3, 0.4) is 0 Å². The van der Waals surface area contributed by atoms with Crippen molar-refractivity contribution < 1.29 is 18.9 Å². The van der Waals surface area contributed by atoms with Crippen LogP contribution in [0.1, 0.15) is 53.9 Å². The van der Waals surface area contributed by atoms with Crippen LogP contribution in [0.2, 0.25) is 5.15 Å². The molecule has 0 atom stereocenters. The lowest BCUT2D eigenvalue weighted by Crippen LogP contribution is -2.34. The molecule has 0 unspecified atom stereocenters. The summed E-state index contributed by atoms with van der Waals surface area (Å²) in [7, 11) is 1.62. The Balaban J connectivity index is 1.48. The minimum absolute atomic E-state index is 0.0810. The molecule has 0 spiro atoms. The summed E-state index contributed by atoms with van der Waals surface area (Å²) in [4.78, 5) is 33.0. The van der Waals surface area contributed by atoms with Crippen LogP contribution in [0, 0.1) is 6.92 Å². The number of hydrogen-bond acceptors (Lipinski definition) is 8. The third-order valence-corrected chi connectivity index (χ3v) is 6.97. The number of aryl methyl sites for hydroxylation is 1. The Morgan fingerprint density at radius 2 is 1.79 bits per heavy atom. The Hall–Kier alpha value is -4.12. The van der Waals surface area contributed by atoms with Gasteiger partial charge >= 0.3 is 5.69 Å². The Bertz CT molecular complexity index is 1680. The Morgan fingerprint density at radius 3 is 2.48 bits per heavy atom. The Kier molecular flexibility index (Phi) is 8.96. The molecule has 2 aromatic carbocycles. The largest absolute Gasteiger partial charge is 0.497 e. The number of rotatable bonds is 10. The van der Waals surface area contributed by atoms with Crippen molar-refractivity contribution in [3.05, 3.63) is 108 Å². The van der Waals surface area contributed by atoms with Gasteiger partial charge in [-0.2, -0.15) is 0 Å². The van der Waals surface area contributed by atoms with E-state index >= 15 is 0 Å². The fourth-order valence-electron chi connectivity index (χ4n) is 4.81. The fourth-order valence-corrected chi connectivity index (χ4v) is 5.05. The molecule has 1 fully saturated rings. The predicted molar refractivity (Wildman–Crippen MR) is 160 cm³/mol. The number of aromatic amines is 1. The highest BCUT2D eigenvalue weighted by Crippen LogP contribution is 2.32. The van der Waals surface area contributed by atoms with E-state index in [0.29, 0.717) is 42.5 Å². The van der Waals surface area contributed by atoms with E-state index in [-0.39, 0.29) is 23.5 Å². The predicted octanol–water partition coefficient (Wildman–Crippen LogP) is 5.52. The van der Waals surface area contributed by atoms with Crippen LogP contribution < -0.4 is 26.0 Å². The molecule has 0 radical (unpaired) electrons. The number of nitrogens with one attached hydrogen (secondary N) is 2. The molecule has 3 heterocycles. The molecule has 2 aromatic heterocycles. The monoisotopic (exact) mass is 592 g/mol. The highest BCUT2D eigenvalue weighted by molar-refractivity contribution is 6.29. The van der Waals surface area contributed by atoms with E-state index in [2.05, 4.69) is 15.3 Å². The number of hydrogen-bond donors (Lipinski definition) is 2. The van der Waals surface area contributed by atoms with Crippen LogP contribution in [-0.2, 0) is 22.6 Å². The van der Waals surface area contributed by atoms with Crippen molar-refractivity contribution in [1.82, 2.24) is 14.5 Å². The molecule has 5 rings (SSSR count). The van der Waals surface area contributed by atoms with Gasteiger partial charge in [0.1, 0.15) is 22.5 Å². The minimum Gasteiger partial charge on any atom is -0.497 e. The van der Waals surface area contributed by atoms with Crippen molar-refractivity contribution in [3.63, 3.8) is 0 Å². The SMILES string of the molecule is COc1ccc(CNc2cc(Cn3c(Oc4cc(C)cc(C5OCCO5)c4)c(C(C)C)c(=O)[nH]c3=O)cc(Cl)n2)cc1. The number of nitrogens with zero attached hydrogens (tertiary/aromatic N) is 2. The summed E-state index contributed by atoms with van der Waals surface area (Å²) in [5.74, 6) is 1.69. The zero-order valence-corrected chi connectivity index (χ0v) is 24.7. The smallest absolute Gasteiger partial charge is 0.331 e. The first-order valence-corrected chi connectivity index (χ1v) is 14.0. The molecule has 11 heteroatoms. The number of anilines is 1. The van der Waals surface area contributed by atoms with Crippen molar-refractivity contribution in [2.24, 2.45) is 0 Å². The molecule has 220 valence electrons. The van der Waals surface area contributed by atoms with E-state index < -0.39 is 17.5 Å². The summed E-state index contributed by atoms with van der Waals surface area (Å²) in [6.07, 6.45) is -0.499. The van der Waals surface area contributed by atoms with Crippen molar-refractivity contribution in [2.75, 3.05) is 25.6 Å². The number of pyridine rings is 1. The maximum absolute atomic E-state index is 13.2. The number of ether oxygens (including phenoxy) is 4. The van der Waals surface area contributed by atoms with Gasteiger partial charge in [-0.05, 0) is 65.9 Å². The minimum atomic E-state index is -0.601. The van der Waals surface area contributed by atoms with Crippen molar-refractivity contribution in [1.29, 1.82) is 0 Å². The van der Waals surface area contributed by atoms with Gasteiger partial charge in [-0.15, -0.1) is 0 Å². The molecule has 1 saturated heterocycles. The topological polar surface area (TPSA) is 117 Å². The quantitative estimate of drug-likeness (QED) is 0.231. The molecule has 42 heavy (non-hydrogen) atoms. The molecule has 1 aliphatic heterocycles. The maximum Gasteiger partial charge on any atom is 0.331 e. The Morgan fingerprint density at radius 1 is 1.05 bits per heavy atom. The summed E-state index contributed by atoms with van der Waals surface area (Å²) in [6, 6.07) is 16.8. The van der Waals surface area contributed by atoms with Gasteiger partial charge in [-0.25, -0.2) is 9.78 Å². The van der Waals surface area contributed by atoms with E-state index in [0.717, 1.165) is 22.4 Å². The van der Waals surface area contributed by atoms with Crippen molar-refractivity contribution in [2.45, 2.75) is 46.1 Å². The van der Waals surface area contributed by atoms with Crippen LogP contribution in [-0.4, -0.2) is 34.9 Å². The van der Waals surface area contributed by atoms with Gasteiger partial charge in [0.2, 0.25) is 5.88 Å². The summed E-state index contributed by atoms with van der Waals surface area (Å²) >= 11 is 6.38. The van der Waals surface area contributed by atoms with Gasteiger partial charge < -0.3 is 24.3 Å². The van der Waals surface area contributed by atoms with Crippen LogP contribution in [0.25, 0.3) is 0 Å². The van der Waals surface area contributed by atoms with Gasteiger partial charge in [0, 0.05) is 12.1 Å². The molecule has 0 saturated carbocycles. The summed E-state index contributed by atoms with van der Waals surface area (Å²) in [5.41, 5.74) is 2.68. The number of aromatic nitrogens is 3. The van der Waals surface area contributed by atoms with Crippen LogP contribution in [0.15, 0.2) is 64.2 Å². The first-order valence-electron chi connectivity index (χ1n) is 13.6. The lowest BCUT2D eigenvalue weighted by Gasteiger charge is -2.20. The van der Waals surface area contributed by atoms with Gasteiger partial charge in [0.25, 0.3) is 5.56 Å². The number of methoxy groups -OCH3 is 1. The first kappa shape index (κ1) is 29.4. The lowest BCUT2D eigenvalue weighted by atomic mass is 10.1. The van der Waals surface area contributed by atoms with Crippen LogP contribution in [0.4, 0.5) is 5.82 Å². The first-order chi connectivity index (χ1) is 20.2. The highest BCUT2D eigenvalue weighted by atomic mass is 35.5. The number of benzene rings is 2. The molecule has 0 aliphatic carbocycles. The third kappa shape index (κ3) is 6.84. The average molecular weight is 593 g/mol. The maximum atomic E-state index is 13.2. The van der Waals surface area contributed by atoms with Crippen LogP contribution in [0.5, 0.6) is 17.4 Å². The lowest BCUT2D eigenvalue weighted by molar-refractivity contribution is -0.0442. The van der Waals surface area contributed by atoms with E-state index in [1.54, 1.807) is 19.2 Å². The average Bonchev–Trinajstić information content (AvgIpc) is 3.49. The number of halogens is 1. The molecule has 0 amide bonds. The van der Waals surface area contributed by atoms with Crippen LogP contribution >= 0.6 is 11.6 Å². The number of H-pyrrole nitrogens is 1. The summed E-state index contributed by atoms with van der Waals surface area (Å²) in [6.45, 7) is 7.27. The van der Waals surface area contributed by atoms with E-state index in [9.17, 15) is 9.59 Å². The summed E-state index contributed by atoms with van der Waals surface area (Å²) < 4.78 is 24.3. The molecule has 10 nitrogen and oxygen atoms in total. The normalized spacial score (nSPS) is 13.5. The third-order valence-electron chi connectivity index (χ3n) is 6.77. The molecule has 1 aliphatic rings. The second-order valence-corrected chi connectivity index (χ2v) is 10.7. The summed E-state index contributed by atoms with van der Waals surface area (Å²) in [5, 5.41) is 3.53.